The predicted molar refractivity (Wildman–Crippen MR) is 166 cm³/mol. The van der Waals surface area contributed by atoms with Crippen molar-refractivity contribution in [2.24, 2.45) is 0 Å². The van der Waals surface area contributed by atoms with Crippen molar-refractivity contribution in [3.05, 3.63) is 0 Å². The number of hydrogen-bond donors (Lipinski definition) is 0. The van der Waals surface area contributed by atoms with Gasteiger partial charge in [-0.15, -0.1) is 0 Å². The third kappa shape index (κ3) is 39.1. The Morgan fingerprint density at radius 2 is 0.605 bits per heavy atom. The van der Waals surface area contributed by atoms with Gasteiger partial charge in [-0.05, 0) is 12.8 Å². The van der Waals surface area contributed by atoms with Crippen LogP contribution < -0.4 is 0 Å². The van der Waals surface area contributed by atoms with Crippen LogP contribution in [0.5, 0.6) is 0 Å². The number of esters is 1. The van der Waals surface area contributed by atoms with Crippen LogP contribution in [0.4, 0.5) is 0 Å². The predicted octanol–water partition coefficient (Wildman–Crippen LogP) is 4.62. The fourth-order valence-electron chi connectivity index (χ4n) is 3.65. The highest BCUT2D eigenvalue weighted by Gasteiger charge is 2.02. The van der Waals surface area contributed by atoms with E-state index < -0.39 is 0 Å². The minimum absolute atomic E-state index is 0.143. The van der Waals surface area contributed by atoms with Gasteiger partial charge in [-0.1, -0.05) is 58.8 Å². The Bertz CT molecular complexity index is 526. The summed E-state index contributed by atoms with van der Waals surface area (Å²) in [5.74, 6) is -0.143. The van der Waals surface area contributed by atoms with E-state index in [-0.39, 0.29) is 5.97 Å². The van der Waals surface area contributed by atoms with E-state index in [9.17, 15) is 4.79 Å². The maximum absolute atomic E-state index is 11.6. The molecule has 0 spiro atoms. The molecule has 0 bridgehead atoms. The molecule has 11 heteroatoms. The summed E-state index contributed by atoms with van der Waals surface area (Å²) in [7, 11) is 0. The highest BCUT2D eigenvalue weighted by atomic mass is 16.6. The summed E-state index contributed by atoms with van der Waals surface area (Å²) in [4.78, 5) is 11.6. The van der Waals surface area contributed by atoms with E-state index in [1.807, 2.05) is 0 Å². The summed E-state index contributed by atoms with van der Waals surface area (Å²) < 4.78 is 54.4. The molecule has 0 aromatic rings. The van der Waals surface area contributed by atoms with Crippen LogP contribution in [0.15, 0.2) is 0 Å². The minimum Gasteiger partial charge on any atom is -0.463 e. The van der Waals surface area contributed by atoms with Gasteiger partial charge in [0.2, 0.25) is 0 Å². The van der Waals surface area contributed by atoms with Crippen molar-refractivity contribution < 1.29 is 52.2 Å². The number of carbonyl (C=O) groups is 1. The van der Waals surface area contributed by atoms with E-state index >= 15 is 0 Å². The van der Waals surface area contributed by atoms with Crippen LogP contribution >= 0.6 is 0 Å². The smallest absolute Gasteiger partial charge is 0.305 e. The average Bonchev–Trinajstić information content (AvgIpc) is 3.01. The molecule has 0 aromatic heterocycles. The molecule has 0 rings (SSSR count). The fraction of sp³-hybridized carbons (Fsp3) is 0.969. The quantitative estimate of drug-likeness (QED) is 0.0709. The molecule has 0 fully saturated rings. The van der Waals surface area contributed by atoms with Crippen molar-refractivity contribution >= 4 is 5.97 Å². The van der Waals surface area contributed by atoms with E-state index in [0.29, 0.717) is 125 Å². The normalized spacial score (nSPS) is 11.4. The van der Waals surface area contributed by atoms with Crippen molar-refractivity contribution in [3.8, 4) is 0 Å². The van der Waals surface area contributed by atoms with Gasteiger partial charge in [-0.25, -0.2) is 0 Å². The van der Waals surface area contributed by atoms with E-state index in [2.05, 4.69) is 13.8 Å². The van der Waals surface area contributed by atoms with Crippen molar-refractivity contribution in [1.29, 1.82) is 0 Å². The molecule has 0 radical (unpaired) electrons. The van der Waals surface area contributed by atoms with Gasteiger partial charge in [0.15, 0.2) is 0 Å². The van der Waals surface area contributed by atoms with Crippen LogP contribution in [-0.2, 0) is 52.2 Å². The Morgan fingerprint density at radius 1 is 0.326 bits per heavy atom. The zero-order valence-corrected chi connectivity index (χ0v) is 27.5. The lowest BCUT2D eigenvalue weighted by Gasteiger charge is -2.09. The molecule has 0 heterocycles. The maximum Gasteiger partial charge on any atom is 0.305 e. The number of ether oxygens (including phenoxy) is 10. The van der Waals surface area contributed by atoms with Gasteiger partial charge in [-0.2, -0.15) is 0 Å². The Morgan fingerprint density at radius 3 is 0.953 bits per heavy atom. The van der Waals surface area contributed by atoms with E-state index in [0.717, 1.165) is 25.9 Å². The summed E-state index contributed by atoms with van der Waals surface area (Å²) in [6, 6.07) is 0. The van der Waals surface area contributed by atoms with E-state index in [4.69, 9.17) is 47.4 Å². The SMILES string of the molecule is CCCCCCCC(=O)OCCOCCOCCOCCOCCOCCOCCOCCOCCOCCCCCC. The molecule has 0 aliphatic carbocycles. The first kappa shape index (κ1) is 42.1. The van der Waals surface area contributed by atoms with Crippen molar-refractivity contribution in [1.82, 2.24) is 0 Å². The Hall–Kier alpha value is -0.890. The third-order valence-corrected chi connectivity index (χ3v) is 6.09. The second-order valence-electron chi connectivity index (χ2n) is 9.96. The second-order valence-corrected chi connectivity index (χ2v) is 9.96. The zero-order chi connectivity index (χ0) is 31.2. The molecule has 258 valence electrons. The van der Waals surface area contributed by atoms with Crippen molar-refractivity contribution in [3.63, 3.8) is 0 Å². The van der Waals surface area contributed by atoms with Crippen LogP contribution in [0.1, 0.15) is 78.1 Å². The van der Waals surface area contributed by atoms with Gasteiger partial charge in [0, 0.05) is 13.0 Å². The standard InChI is InChI=1S/C32H64O11/c1-3-5-7-9-10-12-32(33)43-31-30-42-29-28-41-27-26-40-25-24-39-23-22-38-21-20-37-19-18-36-17-16-35-15-14-34-13-11-8-6-4-2/h3-31H2,1-2H3. The highest BCUT2D eigenvalue weighted by molar-refractivity contribution is 5.69. The van der Waals surface area contributed by atoms with Gasteiger partial charge < -0.3 is 47.4 Å². The number of carbonyl (C=O) groups excluding carboxylic acids is 1. The first-order valence-electron chi connectivity index (χ1n) is 16.7. The summed E-state index contributed by atoms with van der Waals surface area (Å²) >= 11 is 0. The maximum atomic E-state index is 11.6. The van der Waals surface area contributed by atoms with Crippen LogP contribution in [-0.4, -0.2) is 132 Å². The molecule has 0 aliphatic heterocycles. The molecule has 43 heavy (non-hydrogen) atoms. The third-order valence-electron chi connectivity index (χ3n) is 6.09. The molecule has 0 aliphatic rings. The van der Waals surface area contributed by atoms with Crippen LogP contribution in [0.25, 0.3) is 0 Å². The second kappa shape index (κ2) is 39.1. The zero-order valence-electron chi connectivity index (χ0n) is 27.5. The Labute approximate surface area is 261 Å². The summed E-state index contributed by atoms with van der Waals surface area (Å²) in [6.07, 6.45) is 11.0. The number of hydrogen-bond acceptors (Lipinski definition) is 11. The van der Waals surface area contributed by atoms with Crippen LogP contribution in [0.3, 0.4) is 0 Å². The lowest BCUT2D eigenvalue weighted by atomic mass is 10.1. The molecule has 0 amide bonds. The molecule has 0 saturated carbocycles. The Balaban J connectivity index is 3.08. The summed E-state index contributed by atoms with van der Waals surface area (Å²) in [5.41, 5.74) is 0. The lowest BCUT2D eigenvalue weighted by molar-refractivity contribution is -0.145. The van der Waals surface area contributed by atoms with Crippen molar-refractivity contribution in [2.75, 3.05) is 126 Å². The summed E-state index contributed by atoms with van der Waals surface area (Å²) in [6.45, 7) is 14.3. The topological polar surface area (TPSA) is 109 Å². The number of rotatable bonds is 38. The highest BCUT2D eigenvalue weighted by Crippen LogP contribution is 2.05. The van der Waals surface area contributed by atoms with Crippen molar-refractivity contribution in [2.45, 2.75) is 78.1 Å². The molecule has 0 saturated heterocycles. The first-order valence-corrected chi connectivity index (χ1v) is 16.7. The molecule has 0 N–H and O–H groups in total. The van der Waals surface area contributed by atoms with Crippen LogP contribution in [0, 0.1) is 0 Å². The largest absolute Gasteiger partial charge is 0.463 e. The van der Waals surface area contributed by atoms with Gasteiger partial charge >= 0.3 is 5.97 Å². The van der Waals surface area contributed by atoms with Gasteiger partial charge in [0.1, 0.15) is 6.61 Å². The molecule has 0 atom stereocenters. The molecular formula is C32H64O11. The fourth-order valence-corrected chi connectivity index (χ4v) is 3.65. The average molecular weight is 625 g/mol. The van der Waals surface area contributed by atoms with Gasteiger partial charge in [-0.3, -0.25) is 4.79 Å². The van der Waals surface area contributed by atoms with Crippen LogP contribution in [0.2, 0.25) is 0 Å². The van der Waals surface area contributed by atoms with Gasteiger partial charge in [0.25, 0.3) is 0 Å². The molecule has 0 aromatic carbocycles. The lowest BCUT2D eigenvalue weighted by Crippen LogP contribution is -2.15. The monoisotopic (exact) mass is 624 g/mol. The Kier molecular flexibility index (Phi) is 38.3. The molecule has 0 unspecified atom stereocenters. The van der Waals surface area contributed by atoms with E-state index in [1.165, 1.54) is 38.5 Å². The van der Waals surface area contributed by atoms with Gasteiger partial charge in [0.05, 0.1) is 112 Å². The van der Waals surface area contributed by atoms with E-state index in [1.54, 1.807) is 0 Å². The molecule has 11 nitrogen and oxygen atoms in total. The molecular weight excluding hydrogens is 560 g/mol. The first-order chi connectivity index (χ1) is 21.3. The minimum atomic E-state index is -0.143. The number of unbranched alkanes of at least 4 members (excludes halogenated alkanes) is 7. The summed E-state index contributed by atoms with van der Waals surface area (Å²) in [5, 5.41) is 0.